The lowest BCUT2D eigenvalue weighted by molar-refractivity contribution is -0.120. The normalized spacial score (nSPS) is 12.0. The number of thioether (sulfide) groups is 1. The number of hydrogen-bond acceptors (Lipinski definition) is 8. The van der Waals surface area contributed by atoms with Crippen LogP contribution in [0.2, 0.25) is 0 Å². The van der Waals surface area contributed by atoms with Crippen LogP contribution in [-0.2, 0) is 4.79 Å². The second-order valence-electron chi connectivity index (χ2n) is 5.12. The first-order chi connectivity index (χ1) is 13.0. The first kappa shape index (κ1) is 20.2. The summed E-state index contributed by atoms with van der Waals surface area (Å²) in [5.74, 6) is 0.635. The smallest absolute Gasteiger partial charge is 0.342 e. The number of amides is 1. The van der Waals surface area contributed by atoms with Crippen molar-refractivity contribution in [3.8, 4) is 11.5 Å². The van der Waals surface area contributed by atoms with Gasteiger partial charge in [-0.25, -0.2) is 15.3 Å². The molecule has 1 aromatic carbocycles. The van der Waals surface area contributed by atoms with Crippen LogP contribution in [0.1, 0.15) is 19.4 Å². The molecule has 2 rings (SSSR count). The van der Waals surface area contributed by atoms with Gasteiger partial charge in [0.25, 0.3) is 11.5 Å². The number of rotatable bonds is 8. The van der Waals surface area contributed by atoms with Gasteiger partial charge < -0.3 is 9.47 Å². The summed E-state index contributed by atoms with van der Waals surface area (Å²) in [4.78, 5) is 36.7. The van der Waals surface area contributed by atoms with Crippen molar-refractivity contribution in [1.82, 2.24) is 20.6 Å². The number of aromatic amines is 2. The van der Waals surface area contributed by atoms with E-state index in [1.807, 2.05) is 11.9 Å². The number of nitrogens with zero attached hydrogens (tertiary/aromatic N) is 2. The van der Waals surface area contributed by atoms with Crippen molar-refractivity contribution in [2.75, 3.05) is 13.7 Å². The number of carbonyl (C=O) groups excluding carboxylic acids is 1. The molecule has 1 unspecified atom stereocenters. The molecule has 0 aliphatic heterocycles. The van der Waals surface area contributed by atoms with Crippen LogP contribution in [0.5, 0.6) is 11.5 Å². The number of nitrogens with one attached hydrogen (secondary N) is 3. The molecule has 1 heterocycles. The minimum Gasteiger partial charge on any atom is -0.493 e. The Bertz CT molecular complexity index is 939. The molecule has 0 aliphatic rings. The summed E-state index contributed by atoms with van der Waals surface area (Å²) in [6.07, 6.45) is 1.44. The number of hydrazone groups is 1. The molecule has 1 amide bonds. The fourth-order valence-electron chi connectivity index (χ4n) is 1.99. The van der Waals surface area contributed by atoms with Gasteiger partial charge in [0.05, 0.1) is 25.2 Å². The van der Waals surface area contributed by atoms with Gasteiger partial charge >= 0.3 is 5.69 Å². The molecule has 11 heteroatoms. The molecule has 0 saturated carbocycles. The Morgan fingerprint density at radius 2 is 2.22 bits per heavy atom. The van der Waals surface area contributed by atoms with Gasteiger partial charge in [-0.1, -0.05) is 17.8 Å². The molecule has 144 valence electrons. The molecule has 27 heavy (non-hydrogen) atoms. The summed E-state index contributed by atoms with van der Waals surface area (Å²) >= 11 is 0.895. The molecule has 2 aromatic rings. The van der Waals surface area contributed by atoms with E-state index in [9.17, 15) is 14.4 Å². The van der Waals surface area contributed by atoms with Gasteiger partial charge in [-0.2, -0.15) is 10.2 Å². The lowest BCUT2D eigenvalue weighted by atomic mass is 10.2. The van der Waals surface area contributed by atoms with Gasteiger partial charge in [-0.3, -0.25) is 14.6 Å². The number of carbonyl (C=O) groups is 1. The monoisotopic (exact) mass is 393 g/mol. The van der Waals surface area contributed by atoms with Crippen molar-refractivity contribution in [3.63, 3.8) is 0 Å². The first-order valence-electron chi connectivity index (χ1n) is 7.94. The fraction of sp³-hybridized carbons (Fsp3) is 0.312. The molecular formula is C16H19N5O5S. The third kappa shape index (κ3) is 5.45. The van der Waals surface area contributed by atoms with Crippen LogP contribution < -0.4 is 26.1 Å². The van der Waals surface area contributed by atoms with Crippen molar-refractivity contribution in [2.24, 2.45) is 5.10 Å². The van der Waals surface area contributed by atoms with Gasteiger partial charge in [0.2, 0.25) is 0 Å². The zero-order valence-electron chi connectivity index (χ0n) is 14.9. The van der Waals surface area contributed by atoms with Crippen LogP contribution in [0, 0.1) is 0 Å². The second-order valence-corrected chi connectivity index (χ2v) is 6.45. The predicted octanol–water partition coefficient (Wildman–Crippen LogP) is 0.496. The average molecular weight is 393 g/mol. The quantitative estimate of drug-likeness (QED) is 0.337. The summed E-state index contributed by atoms with van der Waals surface area (Å²) < 4.78 is 10.8. The Morgan fingerprint density at radius 1 is 1.44 bits per heavy atom. The number of benzene rings is 1. The Balaban J connectivity index is 2.04. The third-order valence-electron chi connectivity index (χ3n) is 3.23. The maximum atomic E-state index is 12.1. The molecule has 3 N–H and O–H groups in total. The van der Waals surface area contributed by atoms with E-state index < -0.39 is 22.4 Å². The minimum atomic E-state index is -0.713. The van der Waals surface area contributed by atoms with Crippen molar-refractivity contribution in [1.29, 1.82) is 0 Å². The van der Waals surface area contributed by atoms with E-state index in [-0.39, 0.29) is 5.03 Å². The fourth-order valence-corrected chi connectivity index (χ4v) is 2.74. The highest BCUT2D eigenvalue weighted by Crippen LogP contribution is 2.29. The highest BCUT2D eigenvalue weighted by Gasteiger charge is 2.17. The number of aromatic nitrogens is 3. The SMILES string of the molecule is CCOc1c(/C=N/NC(=O)C(C)Sc2n[nH]c(=O)[nH]c2=O)cccc1OC. The lowest BCUT2D eigenvalue weighted by Crippen LogP contribution is -2.30. The maximum absolute atomic E-state index is 12.1. The Morgan fingerprint density at radius 3 is 2.89 bits per heavy atom. The van der Waals surface area contributed by atoms with E-state index in [1.165, 1.54) is 13.3 Å². The van der Waals surface area contributed by atoms with Crippen LogP contribution in [0.3, 0.4) is 0 Å². The standard InChI is InChI=1S/C16H19N5O5S/c1-4-26-12-10(6-5-7-11(12)25-3)8-17-19-13(22)9(2)27-15-14(23)18-16(24)21-20-15/h5-9H,4H2,1-3H3,(H,19,22)(H2,18,21,23,24)/b17-8+. The predicted molar refractivity (Wildman–Crippen MR) is 101 cm³/mol. The van der Waals surface area contributed by atoms with Gasteiger partial charge in [0.1, 0.15) is 0 Å². The Labute approximate surface area is 158 Å². The van der Waals surface area contributed by atoms with Crippen molar-refractivity contribution in [3.05, 3.63) is 44.6 Å². The zero-order chi connectivity index (χ0) is 19.8. The van der Waals surface area contributed by atoms with Crippen molar-refractivity contribution < 1.29 is 14.3 Å². The van der Waals surface area contributed by atoms with E-state index in [2.05, 4.69) is 20.7 Å². The van der Waals surface area contributed by atoms with Crippen molar-refractivity contribution in [2.45, 2.75) is 24.1 Å². The summed E-state index contributed by atoms with van der Waals surface area (Å²) in [6.45, 7) is 3.88. The Kier molecular flexibility index (Phi) is 7.17. The van der Waals surface area contributed by atoms with Crippen LogP contribution in [0.4, 0.5) is 0 Å². The Hall–Kier alpha value is -3.08. The molecule has 1 atom stereocenters. The molecule has 0 saturated heterocycles. The molecule has 0 spiro atoms. The molecule has 0 aliphatic carbocycles. The third-order valence-corrected chi connectivity index (χ3v) is 4.30. The molecular weight excluding hydrogens is 374 g/mol. The van der Waals surface area contributed by atoms with Gasteiger partial charge in [-0.15, -0.1) is 0 Å². The molecule has 0 bridgehead atoms. The zero-order valence-corrected chi connectivity index (χ0v) is 15.8. The summed E-state index contributed by atoms with van der Waals surface area (Å²) in [6, 6.07) is 5.30. The van der Waals surface area contributed by atoms with Crippen molar-refractivity contribution >= 4 is 23.9 Å². The van der Waals surface area contributed by atoms with Gasteiger partial charge in [0, 0.05) is 5.56 Å². The molecule has 0 fully saturated rings. The summed E-state index contributed by atoms with van der Waals surface area (Å²) in [5.41, 5.74) is 1.65. The van der Waals surface area contributed by atoms with Crippen LogP contribution in [0.25, 0.3) is 0 Å². The topological polar surface area (TPSA) is 139 Å². The first-order valence-corrected chi connectivity index (χ1v) is 8.82. The van der Waals surface area contributed by atoms with E-state index in [4.69, 9.17) is 9.47 Å². The molecule has 10 nitrogen and oxygen atoms in total. The van der Waals surface area contributed by atoms with E-state index >= 15 is 0 Å². The number of para-hydroxylation sites is 1. The van der Waals surface area contributed by atoms with Gasteiger partial charge in [0.15, 0.2) is 16.5 Å². The molecule has 0 radical (unpaired) electrons. The van der Waals surface area contributed by atoms with Crippen LogP contribution >= 0.6 is 11.8 Å². The second kappa shape index (κ2) is 9.57. The van der Waals surface area contributed by atoms with Gasteiger partial charge in [-0.05, 0) is 26.0 Å². The molecule has 1 aromatic heterocycles. The minimum absolute atomic E-state index is 0.0207. The number of H-pyrrole nitrogens is 2. The highest BCUT2D eigenvalue weighted by atomic mass is 32.2. The van der Waals surface area contributed by atoms with E-state index in [0.29, 0.717) is 23.7 Å². The van der Waals surface area contributed by atoms with Crippen LogP contribution in [-0.4, -0.2) is 46.3 Å². The summed E-state index contributed by atoms with van der Waals surface area (Å²) in [7, 11) is 1.53. The number of methoxy groups -OCH3 is 1. The number of ether oxygens (including phenoxy) is 2. The maximum Gasteiger partial charge on any atom is 0.342 e. The van der Waals surface area contributed by atoms with Crippen LogP contribution in [0.15, 0.2) is 37.9 Å². The van der Waals surface area contributed by atoms with E-state index in [0.717, 1.165) is 11.8 Å². The lowest BCUT2D eigenvalue weighted by Gasteiger charge is -2.11. The van der Waals surface area contributed by atoms with E-state index in [1.54, 1.807) is 25.1 Å². The highest BCUT2D eigenvalue weighted by molar-refractivity contribution is 8.00. The summed E-state index contributed by atoms with van der Waals surface area (Å²) in [5, 5.41) is 8.95. The average Bonchev–Trinajstić information content (AvgIpc) is 2.65. The largest absolute Gasteiger partial charge is 0.493 e. The number of hydrogen-bond donors (Lipinski definition) is 3.